The SMILES string of the molecule is Oc1ccccc1-c1cc(-c2ccc(-c3cc(-c4ccccc4O)[nH]n3)cc2)n[nH]1. The van der Waals surface area contributed by atoms with E-state index in [2.05, 4.69) is 20.4 Å². The molecule has 0 unspecified atom stereocenters. The zero-order valence-electron chi connectivity index (χ0n) is 15.9. The fraction of sp³-hybridized carbons (Fsp3) is 0. The molecule has 0 saturated carbocycles. The van der Waals surface area contributed by atoms with Crippen molar-refractivity contribution in [2.45, 2.75) is 0 Å². The molecule has 0 aliphatic carbocycles. The first-order chi connectivity index (χ1) is 14.7. The molecule has 0 fully saturated rings. The highest BCUT2D eigenvalue weighted by Gasteiger charge is 2.11. The van der Waals surface area contributed by atoms with Crippen molar-refractivity contribution >= 4 is 0 Å². The Balaban J connectivity index is 1.41. The van der Waals surface area contributed by atoms with Crippen LogP contribution in [0.4, 0.5) is 0 Å². The van der Waals surface area contributed by atoms with Crippen molar-refractivity contribution in [3.05, 3.63) is 84.9 Å². The van der Waals surface area contributed by atoms with E-state index in [-0.39, 0.29) is 11.5 Å². The Hall–Kier alpha value is -4.32. The van der Waals surface area contributed by atoms with E-state index < -0.39 is 0 Å². The predicted octanol–water partition coefficient (Wildman–Crippen LogP) is 5.21. The third-order valence-electron chi connectivity index (χ3n) is 5.02. The van der Waals surface area contributed by atoms with Gasteiger partial charge in [0.1, 0.15) is 11.5 Å². The van der Waals surface area contributed by atoms with E-state index in [9.17, 15) is 10.2 Å². The van der Waals surface area contributed by atoms with Gasteiger partial charge < -0.3 is 10.2 Å². The van der Waals surface area contributed by atoms with Crippen LogP contribution in [0.25, 0.3) is 45.0 Å². The van der Waals surface area contributed by atoms with E-state index in [0.717, 1.165) is 33.9 Å². The van der Waals surface area contributed by atoms with Crippen molar-refractivity contribution in [2.75, 3.05) is 0 Å². The summed E-state index contributed by atoms with van der Waals surface area (Å²) in [6, 6.07) is 26.1. The standard InChI is InChI=1S/C24H18N4O2/c29-23-7-3-1-5-17(23)21-13-19(25-27-21)15-9-11-16(12-10-15)20-14-22(28-26-20)18-6-2-4-8-24(18)30/h1-14,29-30H,(H,25,27)(H,26,28). The summed E-state index contributed by atoms with van der Waals surface area (Å²) in [5, 5.41) is 34.8. The minimum atomic E-state index is 0.210. The minimum Gasteiger partial charge on any atom is -0.507 e. The molecule has 4 N–H and O–H groups in total. The van der Waals surface area contributed by atoms with Gasteiger partial charge in [0.15, 0.2) is 0 Å². The Morgan fingerprint density at radius 2 is 0.933 bits per heavy atom. The van der Waals surface area contributed by atoms with Crippen molar-refractivity contribution in [3.63, 3.8) is 0 Å². The highest BCUT2D eigenvalue weighted by Crippen LogP contribution is 2.32. The number of aromatic amines is 2. The number of phenolic OH excluding ortho intramolecular Hbond substituents is 2. The Bertz CT molecular complexity index is 1220. The largest absolute Gasteiger partial charge is 0.507 e. The predicted molar refractivity (Wildman–Crippen MR) is 116 cm³/mol. The number of nitrogens with one attached hydrogen (secondary N) is 2. The zero-order valence-corrected chi connectivity index (χ0v) is 15.9. The number of rotatable bonds is 4. The Labute approximate surface area is 172 Å². The number of H-pyrrole nitrogens is 2. The maximum Gasteiger partial charge on any atom is 0.124 e. The first kappa shape index (κ1) is 17.8. The molecule has 30 heavy (non-hydrogen) atoms. The first-order valence-corrected chi connectivity index (χ1v) is 9.47. The van der Waals surface area contributed by atoms with Crippen LogP contribution in [-0.4, -0.2) is 30.6 Å². The summed E-state index contributed by atoms with van der Waals surface area (Å²) in [7, 11) is 0. The van der Waals surface area contributed by atoms with E-state index in [1.165, 1.54) is 0 Å². The molecule has 6 nitrogen and oxygen atoms in total. The molecule has 2 heterocycles. The molecule has 0 bridgehead atoms. The maximum absolute atomic E-state index is 10.0. The van der Waals surface area contributed by atoms with Gasteiger partial charge in [0.2, 0.25) is 0 Å². The molecule has 0 spiro atoms. The second kappa shape index (κ2) is 7.25. The highest BCUT2D eigenvalue weighted by atomic mass is 16.3. The molecule has 146 valence electrons. The van der Waals surface area contributed by atoms with Gasteiger partial charge in [0.25, 0.3) is 0 Å². The van der Waals surface area contributed by atoms with Gasteiger partial charge >= 0.3 is 0 Å². The summed E-state index contributed by atoms with van der Waals surface area (Å²) in [4.78, 5) is 0. The van der Waals surface area contributed by atoms with Crippen LogP contribution in [0.15, 0.2) is 84.9 Å². The monoisotopic (exact) mass is 394 g/mol. The highest BCUT2D eigenvalue weighted by molar-refractivity contribution is 5.75. The number of phenols is 2. The van der Waals surface area contributed by atoms with Crippen LogP contribution in [0.2, 0.25) is 0 Å². The molecule has 0 radical (unpaired) electrons. The van der Waals surface area contributed by atoms with Crippen LogP contribution < -0.4 is 0 Å². The van der Waals surface area contributed by atoms with Gasteiger partial charge in [-0.05, 0) is 36.4 Å². The van der Waals surface area contributed by atoms with Gasteiger partial charge in [-0.15, -0.1) is 0 Å². The van der Waals surface area contributed by atoms with Gasteiger partial charge in [-0.1, -0.05) is 48.5 Å². The summed E-state index contributed by atoms with van der Waals surface area (Å²) in [5.41, 5.74) is 6.41. The minimum absolute atomic E-state index is 0.210. The van der Waals surface area contributed by atoms with Crippen LogP contribution in [0, 0.1) is 0 Å². The first-order valence-electron chi connectivity index (χ1n) is 9.47. The van der Waals surface area contributed by atoms with Crippen molar-refractivity contribution in [3.8, 4) is 56.5 Å². The molecule has 0 aliphatic rings. The number of benzene rings is 3. The number of aromatic nitrogens is 4. The van der Waals surface area contributed by atoms with E-state index in [1.807, 2.05) is 60.7 Å². The lowest BCUT2D eigenvalue weighted by Crippen LogP contribution is -1.81. The summed E-state index contributed by atoms with van der Waals surface area (Å²) < 4.78 is 0. The van der Waals surface area contributed by atoms with E-state index in [0.29, 0.717) is 11.1 Å². The van der Waals surface area contributed by atoms with Gasteiger partial charge in [0, 0.05) is 22.3 Å². The van der Waals surface area contributed by atoms with Crippen molar-refractivity contribution in [1.29, 1.82) is 0 Å². The zero-order chi connectivity index (χ0) is 20.5. The summed E-state index contributed by atoms with van der Waals surface area (Å²) in [6.45, 7) is 0. The lowest BCUT2D eigenvalue weighted by atomic mass is 10.0. The molecule has 6 heteroatoms. The molecule has 0 saturated heterocycles. The quantitative estimate of drug-likeness (QED) is 0.336. The van der Waals surface area contributed by atoms with Crippen molar-refractivity contribution in [1.82, 2.24) is 20.4 Å². The summed E-state index contributed by atoms with van der Waals surface area (Å²) in [6.07, 6.45) is 0. The van der Waals surface area contributed by atoms with Crippen LogP contribution in [0.1, 0.15) is 0 Å². The van der Waals surface area contributed by atoms with E-state index in [4.69, 9.17) is 0 Å². The molecule has 5 rings (SSSR count). The average Bonchev–Trinajstić information content (AvgIpc) is 3.45. The number of hydrogen-bond donors (Lipinski definition) is 4. The lowest BCUT2D eigenvalue weighted by Gasteiger charge is -2.00. The number of nitrogens with zero attached hydrogens (tertiary/aromatic N) is 2. The fourth-order valence-electron chi connectivity index (χ4n) is 3.43. The smallest absolute Gasteiger partial charge is 0.124 e. The molecule has 0 aliphatic heterocycles. The topological polar surface area (TPSA) is 97.8 Å². The van der Waals surface area contributed by atoms with Crippen molar-refractivity contribution < 1.29 is 10.2 Å². The second-order valence-corrected chi connectivity index (χ2v) is 6.95. The average molecular weight is 394 g/mol. The van der Waals surface area contributed by atoms with Crippen LogP contribution in [-0.2, 0) is 0 Å². The van der Waals surface area contributed by atoms with Crippen LogP contribution in [0.5, 0.6) is 11.5 Å². The van der Waals surface area contributed by atoms with Gasteiger partial charge in [-0.3, -0.25) is 10.2 Å². The molecule has 2 aromatic heterocycles. The lowest BCUT2D eigenvalue weighted by molar-refractivity contribution is 0.476. The summed E-state index contributed by atoms with van der Waals surface area (Å²) >= 11 is 0. The van der Waals surface area contributed by atoms with E-state index >= 15 is 0 Å². The molecule has 0 atom stereocenters. The summed E-state index contributed by atoms with van der Waals surface area (Å²) in [5.74, 6) is 0.420. The van der Waals surface area contributed by atoms with Crippen LogP contribution >= 0.6 is 0 Å². The Morgan fingerprint density at radius 1 is 0.533 bits per heavy atom. The third-order valence-corrected chi connectivity index (χ3v) is 5.02. The molecule has 5 aromatic rings. The van der Waals surface area contributed by atoms with Gasteiger partial charge in [-0.2, -0.15) is 10.2 Å². The fourth-order valence-corrected chi connectivity index (χ4v) is 3.43. The molecular weight excluding hydrogens is 376 g/mol. The van der Waals surface area contributed by atoms with Crippen molar-refractivity contribution in [2.24, 2.45) is 0 Å². The normalized spacial score (nSPS) is 10.9. The number of hydrogen-bond acceptors (Lipinski definition) is 4. The van der Waals surface area contributed by atoms with E-state index in [1.54, 1.807) is 24.3 Å². The third kappa shape index (κ3) is 3.20. The molecule has 3 aromatic carbocycles. The molecule has 0 amide bonds. The molecular formula is C24H18N4O2. The second-order valence-electron chi connectivity index (χ2n) is 6.95. The number of aromatic hydroxyl groups is 2. The van der Waals surface area contributed by atoms with Gasteiger partial charge in [0.05, 0.1) is 22.8 Å². The van der Waals surface area contributed by atoms with Crippen LogP contribution in [0.3, 0.4) is 0 Å². The maximum atomic E-state index is 10.0. The van der Waals surface area contributed by atoms with Gasteiger partial charge in [-0.25, -0.2) is 0 Å². The Morgan fingerprint density at radius 3 is 1.33 bits per heavy atom. The Kier molecular flexibility index (Phi) is 4.29. The number of para-hydroxylation sites is 2.